The molecule has 2 N–H and O–H groups in total. The zero-order valence-corrected chi connectivity index (χ0v) is 7.75. The van der Waals surface area contributed by atoms with Crippen molar-refractivity contribution in [2.24, 2.45) is 0 Å². The molecule has 1 aliphatic rings. The Labute approximate surface area is 78.6 Å². The maximum atomic E-state index is 5.62. The molecular formula is C12H13N. The summed E-state index contributed by atoms with van der Waals surface area (Å²) in [6.45, 7) is 2.15. The summed E-state index contributed by atoms with van der Waals surface area (Å²) in [7, 11) is 0. The lowest BCUT2D eigenvalue weighted by molar-refractivity contribution is 1.26. The van der Waals surface area contributed by atoms with E-state index in [0.717, 1.165) is 12.1 Å². The second-order valence-corrected chi connectivity index (χ2v) is 3.50. The molecule has 0 aliphatic heterocycles. The van der Waals surface area contributed by atoms with Crippen molar-refractivity contribution in [2.45, 2.75) is 13.3 Å². The number of hydrogen-bond acceptors (Lipinski definition) is 1. The molecule has 0 radical (unpaired) electrons. The lowest BCUT2D eigenvalue weighted by atomic mass is 10.0. The summed E-state index contributed by atoms with van der Waals surface area (Å²) < 4.78 is 0. The van der Waals surface area contributed by atoms with Crippen molar-refractivity contribution >= 4 is 11.3 Å². The van der Waals surface area contributed by atoms with E-state index >= 15 is 0 Å². The average Bonchev–Trinajstić information content (AvgIpc) is 2.53. The lowest BCUT2D eigenvalue weighted by Gasteiger charge is -2.03. The fourth-order valence-corrected chi connectivity index (χ4v) is 1.56. The number of hydrogen-bond donors (Lipinski definition) is 1. The molecule has 0 heterocycles. The zero-order chi connectivity index (χ0) is 9.26. The van der Waals surface area contributed by atoms with Crippen LogP contribution in [0, 0.1) is 0 Å². The van der Waals surface area contributed by atoms with Crippen molar-refractivity contribution in [3.8, 4) is 0 Å². The third kappa shape index (κ3) is 1.64. The third-order valence-electron chi connectivity index (χ3n) is 2.32. The van der Waals surface area contributed by atoms with Crippen molar-refractivity contribution in [1.29, 1.82) is 0 Å². The minimum atomic E-state index is 0.826. The Balaban J connectivity index is 2.24. The van der Waals surface area contributed by atoms with Gasteiger partial charge in [-0.15, -0.1) is 0 Å². The Hall–Kier alpha value is -1.50. The first-order valence-corrected chi connectivity index (χ1v) is 4.48. The number of anilines is 1. The van der Waals surface area contributed by atoms with Crippen LogP contribution >= 0.6 is 0 Å². The van der Waals surface area contributed by atoms with Crippen LogP contribution in [-0.4, -0.2) is 0 Å². The Morgan fingerprint density at radius 1 is 1.08 bits per heavy atom. The van der Waals surface area contributed by atoms with Gasteiger partial charge in [-0.25, -0.2) is 0 Å². The standard InChI is InChI=1S/C12H13N/c1-9-2-3-11(8-9)10-4-6-12(13)7-5-10/h2-7H,8,13H2,1H3. The molecule has 66 valence electrons. The largest absolute Gasteiger partial charge is 0.399 e. The molecule has 0 aromatic heterocycles. The van der Waals surface area contributed by atoms with Crippen molar-refractivity contribution in [3.63, 3.8) is 0 Å². The Bertz CT molecular complexity index is 369. The molecule has 0 saturated carbocycles. The second-order valence-electron chi connectivity index (χ2n) is 3.50. The first kappa shape index (κ1) is 8.11. The van der Waals surface area contributed by atoms with Crippen LogP contribution < -0.4 is 5.73 Å². The molecule has 13 heavy (non-hydrogen) atoms. The topological polar surface area (TPSA) is 26.0 Å². The molecule has 2 rings (SSSR count). The van der Waals surface area contributed by atoms with E-state index in [1.165, 1.54) is 16.7 Å². The highest BCUT2D eigenvalue weighted by Gasteiger charge is 2.05. The predicted molar refractivity (Wildman–Crippen MR) is 57.2 cm³/mol. The summed E-state index contributed by atoms with van der Waals surface area (Å²) in [5, 5.41) is 0. The van der Waals surface area contributed by atoms with E-state index in [-0.39, 0.29) is 0 Å². The van der Waals surface area contributed by atoms with Crippen molar-refractivity contribution < 1.29 is 0 Å². The number of benzene rings is 1. The van der Waals surface area contributed by atoms with Gasteiger partial charge in [0.25, 0.3) is 0 Å². The van der Waals surface area contributed by atoms with E-state index in [1.807, 2.05) is 12.1 Å². The smallest absolute Gasteiger partial charge is 0.0314 e. The second kappa shape index (κ2) is 3.09. The van der Waals surface area contributed by atoms with Gasteiger partial charge in [0.15, 0.2) is 0 Å². The number of nitrogens with two attached hydrogens (primary N) is 1. The summed E-state index contributed by atoms with van der Waals surface area (Å²) in [5.74, 6) is 0. The fourth-order valence-electron chi connectivity index (χ4n) is 1.56. The summed E-state index contributed by atoms with van der Waals surface area (Å²) in [6.07, 6.45) is 5.43. The molecule has 1 aromatic rings. The van der Waals surface area contributed by atoms with Crippen LogP contribution in [0.25, 0.3) is 5.57 Å². The highest BCUT2D eigenvalue weighted by atomic mass is 14.5. The fraction of sp³-hybridized carbons (Fsp3) is 0.167. The SMILES string of the molecule is CC1=CC=C(c2ccc(N)cc2)C1. The van der Waals surface area contributed by atoms with E-state index in [1.54, 1.807) is 0 Å². The van der Waals surface area contributed by atoms with Crippen molar-refractivity contribution in [3.05, 3.63) is 47.6 Å². The molecule has 0 fully saturated rings. The summed E-state index contributed by atoms with van der Waals surface area (Å²) in [4.78, 5) is 0. The van der Waals surface area contributed by atoms with E-state index in [4.69, 9.17) is 5.73 Å². The third-order valence-corrected chi connectivity index (χ3v) is 2.32. The van der Waals surface area contributed by atoms with Crippen molar-refractivity contribution in [1.82, 2.24) is 0 Å². The van der Waals surface area contributed by atoms with Crippen LogP contribution in [0.4, 0.5) is 5.69 Å². The summed E-state index contributed by atoms with van der Waals surface area (Å²) in [5.41, 5.74) is 10.5. The molecule has 1 aliphatic carbocycles. The average molecular weight is 171 g/mol. The Morgan fingerprint density at radius 2 is 1.77 bits per heavy atom. The van der Waals surface area contributed by atoms with Crippen LogP contribution in [0.15, 0.2) is 42.0 Å². The van der Waals surface area contributed by atoms with Crippen LogP contribution in [0.1, 0.15) is 18.9 Å². The van der Waals surface area contributed by atoms with Gasteiger partial charge in [-0.1, -0.05) is 29.9 Å². The van der Waals surface area contributed by atoms with Gasteiger partial charge < -0.3 is 5.73 Å². The summed E-state index contributed by atoms with van der Waals surface area (Å²) in [6, 6.07) is 8.05. The van der Waals surface area contributed by atoms with E-state index in [0.29, 0.717) is 0 Å². The maximum Gasteiger partial charge on any atom is 0.0314 e. The normalized spacial score (nSPS) is 15.5. The van der Waals surface area contributed by atoms with E-state index in [2.05, 4.69) is 31.2 Å². The molecule has 0 atom stereocenters. The summed E-state index contributed by atoms with van der Waals surface area (Å²) >= 11 is 0. The first-order valence-electron chi connectivity index (χ1n) is 4.48. The van der Waals surface area contributed by atoms with Gasteiger partial charge in [0.05, 0.1) is 0 Å². The molecule has 0 unspecified atom stereocenters. The van der Waals surface area contributed by atoms with E-state index in [9.17, 15) is 0 Å². The predicted octanol–water partition coefficient (Wildman–Crippen LogP) is 3.00. The molecular weight excluding hydrogens is 158 g/mol. The Morgan fingerprint density at radius 3 is 2.31 bits per heavy atom. The Kier molecular flexibility index (Phi) is 1.93. The van der Waals surface area contributed by atoms with Gasteiger partial charge in [-0.05, 0) is 36.6 Å². The zero-order valence-electron chi connectivity index (χ0n) is 7.75. The van der Waals surface area contributed by atoms with E-state index < -0.39 is 0 Å². The minimum Gasteiger partial charge on any atom is -0.399 e. The van der Waals surface area contributed by atoms with Crippen LogP contribution in [0.3, 0.4) is 0 Å². The molecule has 1 aromatic carbocycles. The first-order chi connectivity index (χ1) is 6.25. The van der Waals surface area contributed by atoms with Gasteiger partial charge in [0.1, 0.15) is 0 Å². The number of allylic oxidation sites excluding steroid dienone is 4. The molecule has 0 bridgehead atoms. The minimum absolute atomic E-state index is 0.826. The lowest BCUT2D eigenvalue weighted by Crippen LogP contribution is -1.86. The molecule has 0 amide bonds. The van der Waals surface area contributed by atoms with Crippen LogP contribution in [0.2, 0.25) is 0 Å². The molecule has 0 saturated heterocycles. The number of rotatable bonds is 1. The van der Waals surface area contributed by atoms with Crippen LogP contribution in [-0.2, 0) is 0 Å². The highest BCUT2D eigenvalue weighted by molar-refractivity contribution is 5.72. The van der Waals surface area contributed by atoms with Gasteiger partial charge in [-0.3, -0.25) is 0 Å². The van der Waals surface area contributed by atoms with Gasteiger partial charge in [0, 0.05) is 5.69 Å². The van der Waals surface area contributed by atoms with Crippen molar-refractivity contribution in [2.75, 3.05) is 5.73 Å². The molecule has 0 spiro atoms. The van der Waals surface area contributed by atoms with Gasteiger partial charge >= 0.3 is 0 Å². The molecule has 1 heteroatoms. The quantitative estimate of drug-likeness (QED) is 0.646. The number of nitrogen functional groups attached to an aromatic ring is 1. The van der Waals surface area contributed by atoms with Gasteiger partial charge in [0.2, 0.25) is 0 Å². The molecule has 1 nitrogen and oxygen atoms in total. The van der Waals surface area contributed by atoms with Gasteiger partial charge in [-0.2, -0.15) is 0 Å². The highest BCUT2D eigenvalue weighted by Crippen LogP contribution is 2.27. The maximum absolute atomic E-state index is 5.62. The monoisotopic (exact) mass is 171 g/mol. The van der Waals surface area contributed by atoms with Crippen LogP contribution in [0.5, 0.6) is 0 Å².